The SMILES string of the molecule is CN(C)C1(CNC2CCN(C(=O)OC(C)(C)C)C2)CCCCC1. The van der Waals surface area contributed by atoms with Gasteiger partial charge in [0.25, 0.3) is 0 Å². The van der Waals surface area contributed by atoms with Gasteiger partial charge in [-0.25, -0.2) is 4.79 Å². The lowest BCUT2D eigenvalue weighted by atomic mass is 9.80. The zero-order valence-electron chi connectivity index (χ0n) is 15.7. The third-order valence-corrected chi connectivity index (χ3v) is 5.29. The number of likely N-dealkylation sites (N-methyl/N-ethyl adjacent to an activating group) is 1. The highest BCUT2D eigenvalue weighted by molar-refractivity contribution is 5.68. The highest BCUT2D eigenvalue weighted by Gasteiger charge is 2.36. The van der Waals surface area contributed by atoms with E-state index < -0.39 is 5.60 Å². The summed E-state index contributed by atoms with van der Waals surface area (Å²) in [5.41, 5.74) is -0.128. The number of nitrogens with zero attached hydrogens (tertiary/aromatic N) is 2. The molecule has 0 radical (unpaired) electrons. The Kier molecular flexibility index (Phi) is 5.95. The predicted octanol–water partition coefficient (Wildman–Crippen LogP) is 2.85. The summed E-state index contributed by atoms with van der Waals surface area (Å²) in [5.74, 6) is 0. The molecular formula is C18H35N3O2. The van der Waals surface area contributed by atoms with Crippen molar-refractivity contribution in [2.24, 2.45) is 0 Å². The smallest absolute Gasteiger partial charge is 0.410 e. The van der Waals surface area contributed by atoms with Crippen LogP contribution in [0.3, 0.4) is 0 Å². The zero-order chi connectivity index (χ0) is 17.1. The van der Waals surface area contributed by atoms with Crippen LogP contribution in [0.1, 0.15) is 59.3 Å². The van der Waals surface area contributed by atoms with Gasteiger partial charge < -0.3 is 19.9 Å². The molecule has 1 amide bonds. The van der Waals surface area contributed by atoms with Crippen LogP contribution in [0.15, 0.2) is 0 Å². The topological polar surface area (TPSA) is 44.8 Å². The minimum absolute atomic E-state index is 0.179. The van der Waals surface area contributed by atoms with E-state index in [4.69, 9.17) is 4.74 Å². The fraction of sp³-hybridized carbons (Fsp3) is 0.944. The molecule has 0 aromatic carbocycles. The molecule has 0 spiro atoms. The molecule has 1 heterocycles. The number of carbonyl (C=O) groups is 1. The number of likely N-dealkylation sites (tertiary alicyclic amines) is 1. The zero-order valence-corrected chi connectivity index (χ0v) is 15.7. The largest absolute Gasteiger partial charge is 0.444 e. The molecule has 5 heteroatoms. The number of carbonyl (C=O) groups excluding carboxylic acids is 1. The Hall–Kier alpha value is -0.810. The number of ether oxygens (including phenoxy) is 1. The lowest BCUT2D eigenvalue weighted by Gasteiger charge is -2.44. The lowest BCUT2D eigenvalue weighted by Crippen LogP contribution is -2.54. The van der Waals surface area contributed by atoms with Gasteiger partial charge in [-0.15, -0.1) is 0 Å². The van der Waals surface area contributed by atoms with Gasteiger partial charge in [0.1, 0.15) is 5.60 Å². The second kappa shape index (κ2) is 7.39. The van der Waals surface area contributed by atoms with Crippen LogP contribution in [-0.2, 0) is 4.74 Å². The molecule has 1 unspecified atom stereocenters. The van der Waals surface area contributed by atoms with Gasteiger partial charge in [-0.1, -0.05) is 19.3 Å². The van der Waals surface area contributed by atoms with Gasteiger partial charge in [-0.05, 0) is 54.1 Å². The molecule has 0 bridgehead atoms. The van der Waals surface area contributed by atoms with Crippen molar-refractivity contribution in [3.8, 4) is 0 Å². The highest BCUT2D eigenvalue weighted by atomic mass is 16.6. The van der Waals surface area contributed by atoms with Crippen LogP contribution < -0.4 is 5.32 Å². The first-order chi connectivity index (χ1) is 10.7. The van der Waals surface area contributed by atoms with Crippen LogP contribution >= 0.6 is 0 Å². The third kappa shape index (κ3) is 5.08. The predicted molar refractivity (Wildman–Crippen MR) is 93.7 cm³/mol. The van der Waals surface area contributed by atoms with Crippen LogP contribution in [0.4, 0.5) is 4.79 Å². The second-order valence-corrected chi connectivity index (χ2v) is 8.47. The summed E-state index contributed by atoms with van der Waals surface area (Å²) in [6, 6.07) is 0.390. The molecule has 1 aliphatic carbocycles. The molecule has 134 valence electrons. The van der Waals surface area contributed by atoms with Crippen molar-refractivity contribution in [3.05, 3.63) is 0 Å². The van der Waals surface area contributed by atoms with E-state index in [1.165, 1.54) is 32.1 Å². The summed E-state index contributed by atoms with van der Waals surface area (Å²) in [7, 11) is 4.41. The fourth-order valence-corrected chi connectivity index (χ4v) is 3.75. The fourth-order valence-electron chi connectivity index (χ4n) is 3.75. The number of hydrogen-bond acceptors (Lipinski definition) is 4. The van der Waals surface area contributed by atoms with Crippen LogP contribution in [-0.4, -0.2) is 66.8 Å². The van der Waals surface area contributed by atoms with Crippen molar-refractivity contribution >= 4 is 6.09 Å². The molecule has 2 aliphatic rings. The highest BCUT2D eigenvalue weighted by Crippen LogP contribution is 2.32. The Bertz CT molecular complexity index is 398. The van der Waals surface area contributed by atoms with Gasteiger partial charge in [-0.3, -0.25) is 0 Å². The maximum atomic E-state index is 12.2. The van der Waals surface area contributed by atoms with E-state index in [0.717, 1.165) is 26.1 Å². The second-order valence-electron chi connectivity index (χ2n) is 8.47. The summed E-state index contributed by atoms with van der Waals surface area (Å²) >= 11 is 0. The number of hydrogen-bond donors (Lipinski definition) is 1. The van der Waals surface area contributed by atoms with E-state index in [0.29, 0.717) is 6.04 Å². The van der Waals surface area contributed by atoms with Crippen LogP contribution in [0, 0.1) is 0 Å². The first-order valence-corrected chi connectivity index (χ1v) is 9.11. The van der Waals surface area contributed by atoms with Gasteiger partial charge in [0.15, 0.2) is 0 Å². The average Bonchev–Trinajstić information content (AvgIpc) is 2.93. The summed E-state index contributed by atoms with van der Waals surface area (Å²) in [6.07, 6.45) is 7.41. The van der Waals surface area contributed by atoms with Gasteiger partial charge >= 0.3 is 6.09 Å². The Morgan fingerprint density at radius 2 is 1.91 bits per heavy atom. The molecule has 0 aromatic heterocycles. The molecule has 1 aliphatic heterocycles. The minimum Gasteiger partial charge on any atom is -0.444 e. The molecule has 0 aromatic rings. The van der Waals surface area contributed by atoms with Crippen LogP contribution in [0.5, 0.6) is 0 Å². The molecule has 1 N–H and O–H groups in total. The number of rotatable bonds is 4. The Balaban J connectivity index is 1.82. The van der Waals surface area contributed by atoms with E-state index >= 15 is 0 Å². The summed E-state index contributed by atoms with van der Waals surface area (Å²) < 4.78 is 5.47. The molecule has 1 saturated heterocycles. The Morgan fingerprint density at radius 1 is 1.26 bits per heavy atom. The summed E-state index contributed by atoms with van der Waals surface area (Å²) in [4.78, 5) is 16.4. The first kappa shape index (κ1) is 18.5. The van der Waals surface area contributed by atoms with E-state index in [1.54, 1.807) is 0 Å². The summed E-state index contributed by atoms with van der Waals surface area (Å²) in [6.45, 7) is 8.33. The molecule has 5 nitrogen and oxygen atoms in total. The van der Waals surface area contributed by atoms with E-state index in [-0.39, 0.29) is 11.6 Å². The van der Waals surface area contributed by atoms with Gasteiger partial charge in [-0.2, -0.15) is 0 Å². The molecule has 23 heavy (non-hydrogen) atoms. The molecule has 2 rings (SSSR count). The van der Waals surface area contributed by atoms with Crippen molar-refractivity contribution < 1.29 is 9.53 Å². The van der Waals surface area contributed by atoms with Crippen molar-refractivity contribution in [2.75, 3.05) is 33.7 Å². The molecule has 2 fully saturated rings. The van der Waals surface area contributed by atoms with Crippen LogP contribution in [0.2, 0.25) is 0 Å². The lowest BCUT2D eigenvalue weighted by molar-refractivity contribution is 0.0289. The van der Waals surface area contributed by atoms with Crippen molar-refractivity contribution in [3.63, 3.8) is 0 Å². The average molecular weight is 325 g/mol. The maximum absolute atomic E-state index is 12.2. The quantitative estimate of drug-likeness (QED) is 0.863. The van der Waals surface area contributed by atoms with Gasteiger partial charge in [0.2, 0.25) is 0 Å². The van der Waals surface area contributed by atoms with Gasteiger partial charge in [0.05, 0.1) is 0 Å². The third-order valence-electron chi connectivity index (χ3n) is 5.29. The Labute approximate surface area is 141 Å². The Morgan fingerprint density at radius 3 is 2.48 bits per heavy atom. The normalized spacial score (nSPS) is 25.0. The van der Waals surface area contributed by atoms with Crippen molar-refractivity contribution in [1.82, 2.24) is 15.1 Å². The van der Waals surface area contributed by atoms with E-state index in [1.807, 2.05) is 25.7 Å². The molecule has 1 saturated carbocycles. The molecular weight excluding hydrogens is 290 g/mol. The first-order valence-electron chi connectivity index (χ1n) is 9.11. The minimum atomic E-state index is -0.417. The monoisotopic (exact) mass is 325 g/mol. The van der Waals surface area contributed by atoms with Crippen molar-refractivity contribution in [1.29, 1.82) is 0 Å². The number of amides is 1. The summed E-state index contributed by atoms with van der Waals surface area (Å²) in [5, 5.41) is 3.73. The number of nitrogens with one attached hydrogen (secondary N) is 1. The maximum Gasteiger partial charge on any atom is 0.410 e. The van der Waals surface area contributed by atoms with Crippen LogP contribution in [0.25, 0.3) is 0 Å². The van der Waals surface area contributed by atoms with E-state index in [2.05, 4.69) is 24.3 Å². The standard InChI is InChI=1S/C18H35N3O2/c1-17(2,3)23-16(22)21-12-9-15(13-21)19-14-18(20(4)5)10-7-6-8-11-18/h15,19H,6-14H2,1-5H3. The van der Waals surface area contributed by atoms with E-state index in [9.17, 15) is 4.79 Å². The molecule has 1 atom stereocenters. The van der Waals surface area contributed by atoms with Gasteiger partial charge in [0, 0.05) is 31.2 Å². The van der Waals surface area contributed by atoms with Crippen molar-refractivity contribution in [2.45, 2.75) is 76.5 Å².